The monoisotopic (exact) mass is 405 g/mol. The van der Waals surface area contributed by atoms with E-state index in [0.29, 0.717) is 11.8 Å². The predicted molar refractivity (Wildman–Crippen MR) is 120 cm³/mol. The van der Waals surface area contributed by atoms with E-state index in [1.807, 2.05) is 43.5 Å². The lowest BCUT2D eigenvalue weighted by molar-refractivity contribution is -0.113. The summed E-state index contributed by atoms with van der Waals surface area (Å²) in [4.78, 5) is 17.2. The van der Waals surface area contributed by atoms with Crippen LogP contribution in [0.1, 0.15) is 43.7 Å². The Morgan fingerprint density at radius 3 is 2.52 bits per heavy atom. The molecule has 1 aliphatic carbocycles. The number of imidazole rings is 1. The number of aromatic nitrogens is 2. The van der Waals surface area contributed by atoms with Gasteiger partial charge in [-0.05, 0) is 37.5 Å². The number of hydrogen-bond acceptors (Lipinski definition) is 3. The van der Waals surface area contributed by atoms with E-state index < -0.39 is 0 Å². The number of carbonyl (C=O) groups is 1. The van der Waals surface area contributed by atoms with Crippen LogP contribution in [0.25, 0.3) is 11.3 Å². The largest absolute Gasteiger partial charge is 0.325 e. The Morgan fingerprint density at radius 2 is 1.79 bits per heavy atom. The first-order valence-electron chi connectivity index (χ1n) is 10.3. The summed E-state index contributed by atoms with van der Waals surface area (Å²) in [6, 6.07) is 18.8. The van der Waals surface area contributed by atoms with Gasteiger partial charge in [0.25, 0.3) is 0 Å². The summed E-state index contributed by atoms with van der Waals surface area (Å²) in [7, 11) is 0. The van der Waals surface area contributed by atoms with Crippen LogP contribution in [0.2, 0.25) is 0 Å². The van der Waals surface area contributed by atoms with E-state index in [-0.39, 0.29) is 5.91 Å². The highest BCUT2D eigenvalue weighted by molar-refractivity contribution is 7.99. The molecule has 1 saturated carbocycles. The van der Waals surface area contributed by atoms with Gasteiger partial charge in [0.1, 0.15) is 0 Å². The van der Waals surface area contributed by atoms with E-state index in [1.54, 1.807) is 0 Å². The van der Waals surface area contributed by atoms with Crippen molar-refractivity contribution in [3.05, 3.63) is 66.4 Å². The fourth-order valence-electron chi connectivity index (χ4n) is 3.93. The van der Waals surface area contributed by atoms with Crippen LogP contribution in [-0.4, -0.2) is 21.2 Å². The summed E-state index contributed by atoms with van der Waals surface area (Å²) in [6.07, 6.45) is 8.15. The first kappa shape index (κ1) is 19.8. The number of benzene rings is 2. The standard InChI is InChI=1S/C24H27N3OS/c1-18-12-14-20(15-13-18)26-23(28)17-29-24-25-16-22(19-8-4-2-5-9-19)27(24)21-10-6-3-7-11-21/h2,4-5,8-9,12-16,21H,3,6-7,10-11,17H2,1H3,(H,26,28). The van der Waals surface area contributed by atoms with Crippen molar-refractivity contribution >= 4 is 23.4 Å². The average Bonchev–Trinajstić information content (AvgIpc) is 3.19. The Kier molecular flexibility index (Phi) is 6.35. The third-order valence-electron chi connectivity index (χ3n) is 5.44. The van der Waals surface area contributed by atoms with Crippen molar-refractivity contribution < 1.29 is 4.79 Å². The van der Waals surface area contributed by atoms with E-state index in [1.165, 1.54) is 55.0 Å². The first-order valence-corrected chi connectivity index (χ1v) is 11.3. The zero-order chi connectivity index (χ0) is 20.1. The molecule has 150 valence electrons. The Labute approximate surface area is 176 Å². The minimum absolute atomic E-state index is 0.00157. The maximum Gasteiger partial charge on any atom is 0.234 e. The molecule has 0 radical (unpaired) electrons. The number of aryl methyl sites for hydroxylation is 1. The third kappa shape index (κ3) is 4.91. The number of rotatable bonds is 6. The van der Waals surface area contributed by atoms with Crippen molar-refractivity contribution in [2.75, 3.05) is 11.1 Å². The zero-order valence-electron chi connectivity index (χ0n) is 16.8. The lowest BCUT2D eigenvalue weighted by atomic mass is 9.95. The summed E-state index contributed by atoms with van der Waals surface area (Å²) in [6.45, 7) is 2.04. The Hall–Kier alpha value is -2.53. The Balaban J connectivity index is 1.51. The smallest absolute Gasteiger partial charge is 0.234 e. The van der Waals surface area contributed by atoms with Gasteiger partial charge in [0.2, 0.25) is 5.91 Å². The lowest BCUT2D eigenvalue weighted by Gasteiger charge is -2.26. The molecule has 0 spiro atoms. The van der Waals surface area contributed by atoms with Gasteiger partial charge in [0.15, 0.2) is 5.16 Å². The molecule has 1 N–H and O–H groups in total. The summed E-state index contributed by atoms with van der Waals surface area (Å²) < 4.78 is 2.37. The highest BCUT2D eigenvalue weighted by Crippen LogP contribution is 2.36. The molecule has 1 heterocycles. The van der Waals surface area contributed by atoms with Crippen LogP contribution in [0.5, 0.6) is 0 Å². The van der Waals surface area contributed by atoms with Crippen molar-refractivity contribution in [2.24, 2.45) is 0 Å². The van der Waals surface area contributed by atoms with Crippen molar-refractivity contribution in [1.82, 2.24) is 9.55 Å². The maximum atomic E-state index is 12.5. The molecule has 5 heteroatoms. The van der Waals surface area contributed by atoms with Crippen LogP contribution >= 0.6 is 11.8 Å². The highest BCUT2D eigenvalue weighted by Gasteiger charge is 2.23. The fourth-order valence-corrected chi connectivity index (χ4v) is 4.78. The van der Waals surface area contributed by atoms with Gasteiger partial charge in [-0.3, -0.25) is 4.79 Å². The molecule has 1 amide bonds. The third-order valence-corrected chi connectivity index (χ3v) is 6.41. The highest BCUT2D eigenvalue weighted by atomic mass is 32.2. The normalized spacial score (nSPS) is 14.7. The number of carbonyl (C=O) groups excluding carboxylic acids is 1. The molecule has 4 nitrogen and oxygen atoms in total. The molecular formula is C24H27N3OS. The van der Waals surface area contributed by atoms with Crippen LogP contribution < -0.4 is 5.32 Å². The SMILES string of the molecule is Cc1ccc(NC(=O)CSc2ncc(-c3ccccc3)n2C2CCCCC2)cc1. The van der Waals surface area contributed by atoms with Gasteiger partial charge in [-0.1, -0.05) is 79.1 Å². The van der Waals surface area contributed by atoms with Crippen LogP contribution in [0.3, 0.4) is 0 Å². The van der Waals surface area contributed by atoms with Crippen LogP contribution in [-0.2, 0) is 4.79 Å². The molecule has 2 aromatic carbocycles. The molecule has 1 aromatic heterocycles. The van der Waals surface area contributed by atoms with Crippen molar-refractivity contribution in [3.63, 3.8) is 0 Å². The molecule has 0 aliphatic heterocycles. The molecule has 0 atom stereocenters. The molecule has 0 saturated heterocycles. The van der Waals surface area contributed by atoms with E-state index >= 15 is 0 Å². The van der Waals surface area contributed by atoms with Gasteiger partial charge in [0.05, 0.1) is 17.6 Å². The second-order valence-electron chi connectivity index (χ2n) is 7.66. The average molecular weight is 406 g/mol. The van der Waals surface area contributed by atoms with E-state index in [9.17, 15) is 4.79 Å². The molecular weight excluding hydrogens is 378 g/mol. The molecule has 1 fully saturated rings. The van der Waals surface area contributed by atoms with Gasteiger partial charge in [-0.25, -0.2) is 4.98 Å². The van der Waals surface area contributed by atoms with Gasteiger partial charge in [-0.2, -0.15) is 0 Å². The summed E-state index contributed by atoms with van der Waals surface area (Å²) >= 11 is 1.53. The number of nitrogens with zero attached hydrogens (tertiary/aromatic N) is 2. The number of nitrogens with one attached hydrogen (secondary N) is 1. The predicted octanol–water partition coefficient (Wildman–Crippen LogP) is 6.09. The summed E-state index contributed by atoms with van der Waals surface area (Å²) in [5.41, 5.74) is 4.35. The second-order valence-corrected chi connectivity index (χ2v) is 8.60. The quantitative estimate of drug-likeness (QED) is 0.505. The first-order chi connectivity index (χ1) is 14.2. The topological polar surface area (TPSA) is 46.9 Å². The van der Waals surface area contributed by atoms with Crippen molar-refractivity contribution in [1.29, 1.82) is 0 Å². The molecule has 29 heavy (non-hydrogen) atoms. The van der Waals surface area contributed by atoms with E-state index in [0.717, 1.165) is 16.5 Å². The number of thioether (sulfide) groups is 1. The minimum Gasteiger partial charge on any atom is -0.325 e. The van der Waals surface area contributed by atoms with Gasteiger partial charge >= 0.3 is 0 Å². The zero-order valence-corrected chi connectivity index (χ0v) is 17.6. The fraction of sp³-hybridized carbons (Fsp3) is 0.333. The number of amides is 1. The van der Waals surface area contributed by atoms with Gasteiger partial charge < -0.3 is 9.88 Å². The van der Waals surface area contributed by atoms with Crippen LogP contribution in [0, 0.1) is 6.92 Å². The summed E-state index contributed by atoms with van der Waals surface area (Å²) in [5.74, 6) is 0.351. The Morgan fingerprint density at radius 1 is 1.07 bits per heavy atom. The number of hydrogen-bond donors (Lipinski definition) is 1. The molecule has 4 rings (SSSR count). The van der Waals surface area contributed by atoms with E-state index in [2.05, 4.69) is 34.1 Å². The van der Waals surface area contributed by atoms with Crippen LogP contribution in [0.4, 0.5) is 5.69 Å². The van der Waals surface area contributed by atoms with Crippen molar-refractivity contribution in [2.45, 2.75) is 50.2 Å². The van der Waals surface area contributed by atoms with Gasteiger partial charge in [0, 0.05) is 11.7 Å². The van der Waals surface area contributed by atoms with Crippen LogP contribution in [0.15, 0.2) is 66.0 Å². The van der Waals surface area contributed by atoms with Gasteiger partial charge in [-0.15, -0.1) is 0 Å². The molecule has 3 aromatic rings. The lowest BCUT2D eigenvalue weighted by Crippen LogP contribution is -2.17. The summed E-state index contributed by atoms with van der Waals surface area (Å²) in [5, 5.41) is 3.92. The molecule has 0 unspecified atom stereocenters. The second kappa shape index (κ2) is 9.31. The number of anilines is 1. The molecule has 0 bridgehead atoms. The maximum absolute atomic E-state index is 12.5. The Bertz CT molecular complexity index is 944. The molecule has 1 aliphatic rings. The van der Waals surface area contributed by atoms with Crippen molar-refractivity contribution in [3.8, 4) is 11.3 Å². The minimum atomic E-state index is -0.00157. The van der Waals surface area contributed by atoms with E-state index in [4.69, 9.17) is 4.98 Å².